The van der Waals surface area contributed by atoms with Crippen molar-refractivity contribution in [3.05, 3.63) is 12.2 Å². The van der Waals surface area contributed by atoms with Crippen LogP contribution in [0, 0.1) is 0 Å². The maximum atomic E-state index is 11.7. The molecule has 11 heteroatoms. The van der Waals surface area contributed by atoms with Crippen molar-refractivity contribution in [2.75, 3.05) is 13.7 Å². The molecule has 0 aromatic carbocycles. The van der Waals surface area contributed by atoms with Crippen LogP contribution in [0.1, 0.15) is 34.1 Å². The third-order valence-electron chi connectivity index (χ3n) is 3.91. The second kappa shape index (κ2) is 11.9. The van der Waals surface area contributed by atoms with E-state index >= 15 is 0 Å². The minimum atomic E-state index is -1.24. The fourth-order valence-corrected chi connectivity index (χ4v) is 2.87. The summed E-state index contributed by atoms with van der Waals surface area (Å²) in [6.45, 7) is 4.30. The normalized spacial score (nSPS) is 25.8. The molecular formula is C19H26O11. The Labute approximate surface area is 173 Å². The minimum Gasteiger partial charge on any atom is -0.466 e. The van der Waals surface area contributed by atoms with Gasteiger partial charge in [0.25, 0.3) is 0 Å². The number of esters is 5. The molecule has 0 spiro atoms. The number of methoxy groups -OCH3 is 1. The van der Waals surface area contributed by atoms with E-state index in [4.69, 9.17) is 23.7 Å². The van der Waals surface area contributed by atoms with Crippen molar-refractivity contribution in [3.8, 4) is 0 Å². The molecule has 0 saturated carbocycles. The smallest absolute Gasteiger partial charge is 0.330 e. The van der Waals surface area contributed by atoms with Gasteiger partial charge in [0.2, 0.25) is 0 Å². The summed E-state index contributed by atoms with van der Waals surface area (Å²) < 4.78 is 31.2. The summed E-state index contributed by atoms with van der Waals surface area (Å²) in [4.78, 5) is 57.5. The second-order valence-electron chi connectivity index (χ2n) is 6.40. The summed E-state index contributed by atoms with van der Waals surface area (Å²) in [6, 6.07) is 0. The van der Waals surface area contributed by atoms with Gasteiger partial charge in [0, 0.05) is 33.8 Å². The Hall–Kier alpha value is -2.95. The van der Waals surface area contributed by atoms with E-state index < -0.39 is 60.4 Å². The summed E-state index contributed by atoms with van der Waals surface area (Å²) in [5.41, 5.74) is 0. The van der Waals surface area contributed by atoms with Gasteiger partial charge in [-0.1, -0.05) is 6.08 Å². The lowest BCUT2D eigenvalue weighted by Crippen LogP contribution is -2.62. The molecule has 0 aliphatic carbocycles. The van der Waals surface area contributed by atoms with Crippen molar-refractivity contribution in [3.63, 3.8) is 0 Å². The molecule has 0 bridgehead atoms. The maximum absolute atomic E-state index is 11.7. The monoisotopic (exact) mass is 430 g/mol. The van der Waals surface area contributed by atoms with Crippen LogP contribution >= 0.6 is 0 Å². The predicted octanol–water partition coefficient (Wildman–Crippen LogP) is 0.231. The van der Waals surface area contributed by atoms with E-state index in [0.29, 0.717) is 0 Å². The molecule has 30 heavy (non-hydrogen) atoms. The molecule has 0 N–H and O–H groups in total. The van der Waals surface area contributed by atoms with E-state index in [-0.39, 0.29) is 13.0 Å². The quantitative estimate of drug-likeness (QED) is 0.297. The summed E-state index contributed by atoms with van der Waals surface area (Å²) in [7, 11) is 1.21. The molecule has 5 atom stereocenters. The van der Waals surface area contributed by atoms with E-state index in [2.05, 4.69) is 4.74 Å². The number of ether oxygens (including phenoxy) is 6. The van der Waals surface area contributed by atoms with Gasteiger partial charge in [-0.25, -0.2) is 4.79 Å². The SMILES string of the molecule is COC(=O)/C=C/CC1OC(COC(C)=O)C(OC(C)=O)C(OC(C)=O)C1OC(C)=O. The third kappa shape index (κ3) is 8.19. The lowest BCUT2D eigenvalue weighted by molar-refractivity contribution is -0.251. The third-order valence-corrected chi connectivity index (χ3v) is 3.91. The van der Waals surface area contributed by atoms with Crippen LogP contribution in [0.2, 0.25) is 0 Å². The first kappa shape index (κ1) is 25.1. The highest BCUT2D eigenvalue weighted by Crippen LogP contribution is 2.31. The Morgan fingerprint density at radius 1 is 0.767 bits per heavy atom. The van der Waals surface area contributed by atoms with Gasteiger partial charge >= 0.3 is 29.8 Å². The van der Waals surface area contributed by atoms with Gasteiger partial charge in [0.1, 0.15) is 18.8 Å². The largest absolute Gasteiger partial charge is 0.466 e. The summed E-state index contributed by atoms with van der Waals surface area (Å²) in [6.07, 6.45) is -2.92. The molecule has 0 amide bonds. The number of rotatable bonds is 8. The van der Waals surface area contributed by atoms with Crippen LogP contribution in [0.25, 0.3) is 0 Å². The Morgan fingerprint density at radius 3 is 1.73 bits per heavy atom. The van der Waals surface area contributed by atoms with Crippen LogP contribution in [-0.2, 0) is 52.4 Å². The average molecular weight is 430 g/mol. The van der Waals surface area contributed by atoms with E-state index in [9.17, 15) is 24.0 Å². The molecule has 0 aromatic heterocycles. The number of hydrogen-bond donors (Lipinski definition) is 0. The molecule has 1 aliphatic rings. The van der Waals surface area contributed by atoms with Crippen LogP contribution in [-0.4, -0.2) is 74.1 Å². The zero-order chi connectivity index (χ0) is 22.8. The highest BCUT2D eigenvalue weighted by molar-refractivity contribution is 5.81. The van der Waals surface area contributed by atoms with E-state index in [0.717, 1.165) is 26.8 Å². The highest BCUT2D eigenvalue weighted by Gasteiger charge is 2.51. The molecule has 1 aliphatic heterocycles. The van der Waals surface area contributed by atoms with Crippen molar-refractivity contribution in [1.82, 2.24) is 0 Å². The first-order chi connectivity index (χ1) is 14.0. The van der Waals surface area contributed by atoms with Gasteiger partial charge in [-0.3, -0.25) is 19.2 Å². The average Bonchev–Trinajstić information content (AvgIpc) is 2.63. The fourth-order valence-electron chi connectivity index (χ4n) is 2.87. The van der Waals surface area contributed by atoms with Gasteiger partial charge in [-0.05, 0) is 6.42 Å². The zero-order valence-corrected chi connectivity index (χ0v) is 17.4. The topological polar surface area (TPSA) is 141 Å². The van der Waals surface area contributed by atoms with E-state index in [1.165, 1.54) is 20.1 Å². The van der Waals surface area contributed by atoms with Crippen LogP contribution in [0.4, 0.5) is 0 Å². The van der Waals surface area contributed by atoms with E-state index in [1.807, 2.05) is 0 Å². The summed E-state index contributed by atoms with van der Waals surface area (Å²) in [5.74, 6) is -3.33. The maximum Gasteiger partial charge on any atom is 0.330 e. The van der Waals surface area contributed by atoms with Crippen molar-refractivity contribution in [1.29, 1.82) is 0 Å². The lowest BCUT2D eigenvalue weighted by Gasteiger charge is -2.44. The van der Waals surface area contributed by atoms with Crippen molar-refractivity contribution in [2.24, 2.45) is 0 Å². The molecular weight excluding hydrogens is 404 g/mol. The van der Waals surface area contributed by atoms with Crippen LogP contribution in [0.5, 0.6) is 0 Å². The van der Waals surface area contributed by atoms with Gasteiger partial charge in [0.15, 0.2) is 18.3 Å². The molecule has 1 saturated heterocycles. The van der Waals surface area contributed by atoms with E-state index in [1.54, 1.807) is 0 Å². The van der Waals surface area contributed by atoms with Crippen LogP contribution in [0.3, 0.4) is 0 Å². The Morgan fingerprint density at radius 2 is 1.27 bits per heavy atom. The van der Waals surface area contributed by atoms with Gasteiger partial charge < -0.3 is 28.4 Å². The number of hydrogen-bond acceptors (Lipinski definition) is 11. The fraction of sp³-hybridized carbons (Fsp3) is 0.632. The summed E-state index contributed by atoms with van der Waals surface area (Å²) in [5, 5.41) is 0. The molecule has 168 valence electrons. The van der Waals surface area contributed by atoms with Gasteiger partial charge in [-0.15, -0.1) is 0 Å². The molecule has 0 radical (unpaired) electrons. The number of carbonyl (C=O) groups is 5. The molecule has 11 nitrogen and oxygen atoms in total. The molecule has 0 aromatic rings. The van der Waals surface area contributed by atoms with Crippen molar-refractivity contribution < 1.29 is 52.4 Å². The van der Waals surface area contributed by atoms with Crippen molar-refractivity contribution in [2.45, 2.75) is 64.6 Å². The van der Waals surface area contributed by atoms with Crippen molar-refractivity contribution >= 4 is 29.8 Å². The van der Waals surface area contributed by atoms with Gasteiger partial charge in [-0.2, -0.15) is 0 Å². The van der Waals surface area contributed by atoms with Crippen LogP contribution < -0.4 is 0 Å². The standard InChI is InChI=1S/C19H26O11/c1-10(20)26-9-15-18(28-12(3)22)19(29-13(4)23)17(27-11(2)21)14(30-15)7-6-8-16(24)25-5/h6,8,14-15,17-19H,7,9H2,1-5H3/b8-6+. The van der Waals surface area contributed by atoms with Crippen LogP contribution in [0.15, 0.2) is 12.2 Å². The summed E-state index contributed by atoms with van der Waals surface area (Å²) >= 11 is 0. The van der Waals surface area contributed by atoms with Gasteiger partial charge in [0.05, 0.1) is 7.11 Å². The molecule has 1 rings (SSSR count). The second-order valence-corrected chi connectivity index (χ2v) is 6.40. The number of carbonyl (C=O) groups excluding carboxylic acids is 5. The molecule has 1 heterocycles. The minimum absolute atomic E-state index is 0.0498. The Bertz CT molecular complexity index is 684. The molecule has 1 fully saturated rings. The lowest BCUT2D eigenvalue weighted by atomic mass is 9.92. The first-order valence-electron chi connectivity index (χ1n) is 9.10. The first-order valence-corrected chi connectivity index (χ1v) is 9.10. The predicted molar refractivity (Wildman–Crippen MR) is 97.7 cm³/mol. The molecule has 5 unspecified atom stereocenters. The Kier molecular flexibility index (Phi) is 9.96. The highest BCUT2D eigenvalue weighted by atomic mass is 16.7. The Balaban J connectivity index is 3.28. The zero-order valence-electron chi connectivity index (χ0n) is 17.4.